The first-order valence-electron chi connectivity index (χ1n) is 8.91. The normalized spacial score (nSPS) is 23.6. The fraction of sp³-hybridized carbons (Fsp3) is 0.444. The third-order valence-electron chi connectivity index (χ3n) is 5.25. The van der Waals surface area contributed by atoms with Crippen molar-refractivity contribution in [2.45, 2.75) is 12.1 Å². The van der Waals surface area contributed by atoms with Crippen LogP contribution < -0.4 is 0 Å². The van der Waals surface area contributed by atoms with Gasteiger partial charge in [0.05, 0.1) is 34.7 Å². The maximum absolute atomic E-state index is 13.3. The van der Waals surface area contributed by atoms with Gasteiger partial charge in [0, 0.05) is 32.6 Å². The van der Waals surface area contributed by atoms with Crippen molar-refractivity contribution in [2.24, 2.45) is 0 Å². The molecule has 0 aliphatic carbocycles. The van der Waals surface area contributed by atoms with Crippen molar-refractivity contribution in [3.05, 3.63) is 36.2 Å². The highest BCUT2D eigenvalue weighted by molar-refractivity contribution is 7.91. The number of aromatic nitrogens is 2. The van der Waals surface area contributed by atoms with Crippen molar-refractivity contribution in [1.82, 2.24) is 19.8 Å². The van der Waals surface area contributed by atoms with Gasteiger partial charge >= 0.3 is 0 Å². The molecule has 0 N–H and O–H groups in total. The van der Waals surface area contributed by atoms with Gasteiger partial charge < -0.3 is 14.5 Å². The number of benzene rings is 1. The first kappa shape index (κ1) is 18.8. The molecule has 2 fully saturated rings. The van der Waals surface area contributed by atoms with E-state index < -0.39 is 21.9 Å². The second-order valence-electron chi connectivity index (χ2n) is 6.96. The van der Waals surface area contributed by atoms with E-state index in [0.29, 0.717) is 16.6 Å². The topological polar surface area (TPSA) is 110 Å². The largest absolute Gasteiger partial charge is 0.375 e. The molecule has 2 amide bonds. The second-order valence-corrected chi connectivity index (χ2v) is 9.11. The SMILES string of the molecule is COCC(=O)N1CCN(C(=O)c2cccc3nccnc23)[C@H]2CS(=O)(=O)C[C@H]21. The molecule has 0 radical (unpaired) electrons. The van der Waals surface area contributed by atoms with Crippen LogP contribution in [0.15, 0.2) is 30.6 Å². The lowest BCUT2D eigenvalue weighted by Crippen LogP contribution is -2.62. The first-order chi connectivity index (χ1) is 13.4. The van der Waals surface area contributed by atoms with Gasteiger partial charge in [0.15, 0.2) is 9.84 Å². The van der Waals surface area contributed by atoms with Gasteiger partial charge in [0.25, 0.3) is 5.91 Å². The molecule has 2 saturated heterocycles. The van der Waals surface area contributed by atoms with Crippen molar-refractivity contribution >= 4 is 32.7 Å². The monoisotopic (exact) mass is 404 g/mol. The molecule has 4 rings (SSSR count). The number of carbonyl (C=O) groups excluding carboxylic acids is 2. The van der Waals surface area contributed by atoms with E-state index in [4.69, 9.17) is 4.74 Å². The van der Waals surface area contributed by atoms with Crippen LogP contribution in [-0.2, 0) is 19.4 Å². The number of sulfone groups is 1. The number of ether oxygens (including phenoxy) is 1. The summed E-state index contributed by atoms with van der Waals surface area (Å²) in [4.78, 5) is 37.2. The Morgan fingerprint density at radius 1 is 1.11 bits per heavy atom. The van der Waals surface area contributed by atoms with Crippen molar-refractivity contribution in [3.8, 4) is 0 Å². The van der Waals surface area contributed by atoms with Gasteiger partial charge in [-0.2, -0.15) is 0 Å². The quantitative estimate of drug-likeness (QED) is 0.692. The molecule has 9 nitrogen and oxygen atoms in total. The maximum atomic E-state index is 13.3. The lowest BCUT2D eigenvalue weighted by atomic mass is 10.0. The lowest BCUT2D eigenvalue weighted by Gasteiger charge is -2.43. The number of nitrogens with zero attached hydrogens (tertiary/aromatic N) is 4. The van der Waals surface area contributed by atoms with Crippen LogP contribution in [0.1, 0.15) is 10.4 Å². The van der Waals surface area contributed by atoms with Gasteiger partial charge in [-0.25, -0.2) is 8.42 Å². The number of para-hydroxylation sites is 1. The second kappa shape index (κ2) is 7.10. The minimum Gasteiger partial charge on any atom is -0.375 e. The van der Waals surface area contributed by atoms with Gasteiger partial charge in [0.2, 0.25) is 5.91 Å². The lowest BCUT2D eigenvalue weighted by molar-refractivity contribution is -0.140. The summed E-state index contributed by atoms with van der Waals surface area (Å²) >= 11 is 0. The predicted octanol–water partition coefficient (Wildman–Crippen LogP) is -0.274. The van der Waals surface area contributed by atoms with E-state index in [0.717, 1.165) is 0 Å². The van der Waals surface area contributed by atoms with Gasteiger partial charge in [0.1, 0.15) is 12.1 Å². The number of fused-ring (bicyclic) bond motifs is 2. The molecule has 2 aromatic rings. The molecule has 3 heterocycles. The summed E-state index contributed by atoms with van der Waals surface area (Å²) in [7, 11) is -1.94. The molecule has 2 atom stereocenters. The zero-order chi connectivity index (χ0) is 19.9. The average Bonchev–Trinajstić information content (AvgIpc) is 3.01. The van der Waals surface area contributed by atoms with E-state index in [1.165, 1.54) is 18.2 Å². The van der Waals surface area contributed by atoms with Crippen LogP contribution in [0.4, 0.5) is 0 Å². The number of hydrogen-bond donors (Lipinski definition) is 0. The van der Waals surface area contributed by atoms with Crippen LogP contribution >= 0.6 is 0 Å². The molecule has 28 heavy (non-hydrogen) atoms. The number of amides is 2. The molecule has 0 saturated carbocycles. The highest BCUT2D eigenvalue weighted by Crippen LogP contribution is 2.29. The van der Waals surface area contributed by atoms with E-state index in [1.807, 2.05) is 0 Å². The minimum atomic E-state index is -3.36. The molecule has 10 heteroatoms. The van der Waals surface area contributed by atoms with Crippen LogP contribution in [0.2, 0.25) is 0 Å². The number of hydrogen-bond acceptors (Lipinski definition) is 7. The molecule has 0 bridgehead atoms. The van der Waals surface area contributed by atoms with Crippen molar-refractivity contribution in [3.63, 3.8) is 0 Å². The van der Waals surface area contributed by atoms with E-state index >= 15 is 0 Å². The molecule has 1 aromatic carbocycles. The third-order valence-corrected chi connectivity index (χ3v) is 6.95. The highest BCUT2D eigenvalue weighted by atomic mass is 32.2. The Bertz CT molecular complexity index is 1040. The molecule has 1 aromatic heterocycles. The molecule has 0 spiro atoms. The van der Waals surface area contributed by atoms with E-state index in [-0.39, 0.29) is 43.0 Å². The van der Waals surface area contributed by atoms with Crippen LogP contribution in [0.25, 0.3) is 11.0 Å². The van der Waals surface area contributed by atoms with Crippen LogP contribution in [0.5, 0.6) is 0 Å². The van der Waals surface area contributed by atoms with Gasteiger partial charge in [-0.05, 0) is 12.1 Å². The molecule has 2 aliphatic heterocycles. The Hall–Kier alpha value is -2.59. The zero-order valence-corrected chi connectivity index (χ0v) is 16.1. The summed E-state index contributed by atoms with van der Waals surface area (Å²) in [5.41, 5.74) is 1.45. The molecule has 0 unspecified atom stereocenters. The zero-order valence-electron chi connectivity index (χ0n) is 15.3. The fourth-order valence-corrected chi connectivity index (χ4v) is 6.02. The standard InChI is InChI=1S/C18H20N4O5S/c1-27-9-16(23)21-7-8-22(15-11-28(25,26)10-14(15)21)18(24)12-3-2-4-13-17(12)20-6-5-19-13/h2-6,14-15H,7-11H2,1H3/t14-,15+/m1/s1. The van der Waals surface area contributed by atoms with Crippen LogP contribution in [-0.4, -0.2) is 90.4 Å². The maximum Gasteiger partial charge on any atom is 0.256 e. The molecule has 148 valence electrons. The molecular formula is C18H20N4O5S. The van der Waals surface area contributed by atoms with Crippen LogP contribution in [0, 0.1) is 0 Å². The minimum absolute atomic E-state index is 0.115. The number of piperazine rings is 1. The Balaban J connectivity index is 1.69. The van der Waals surface area contributed by atoms with Crippen molar-refractivity contribution < 1.29 is 22.7 Å². The predicted molar refractivity (Wildman–Crippen MR) is 100 cm³/mol. The van der Waals surface area contributed by atoms with Gasteiger partial charge in [-0.15, -0.1) is 0 Å². The smallest absolute Gasteiger partial charge is 0.256 e. The average molecular weight is 404 g/mol. The summed E-state index contributed by atoms with van der Waals surface area (Å²) in [5.74, 6) is -0.863. The third kappa shape index (κ3) is 3.22. The van der Waals surface area contributed by atoms with Gasteiger partial charge in [-0.3, -0.25) is 19.6 Å². The Morgan fingerprint density at radius 2 is 1.79 bits per heavy atom. The number of carbonyl (C=O) groups is 2. The molecule has 2 aliphatic rings. The van der Waals surface area contributed by atoms with E-state index in [2.05, 4.69) is 9.97 Å². The van der Waals surface area contributed by atoms with E-state index in [9.17, 15) is 18.0 Å². The summed E-state index contributed by atoms with van der Waals surface area (Å²) < 4.78 is 29.5. The van der Waals surface area contributed by atoms with Gasteiger partial charge in [-0.1, -0.05) is 6.07 Å². The fourth-order valence-electron chi connectivity index (χ4n) is 4.04. The van der Waals surface area contributed by atoms with Crippen molar-refractivity contribution in [1.29, 1.82) is 0 Å². The van der Waals surface area contributed by atoms with Crippen LogP contribution in [0.3, 0.4) is 0 Å². The summed E-state index contributed by atoms with van der Waals surface area (Å²) in [6, 6.07) is 4.01. The Kier molecular flexibility index (Phi) is 4.76. The highest BCUT2D eigenvalue weighted by Gasteiger charge is 2.49. The Labute approximate surface area is 162 Å². The Morgan fingerprint density at radius 3 is 2.54 bits per heavy atom. The molecular weight excluding hydrogens is 384 g/mol. The number of methoxy groups -OCH3 is 1. The van der Waals surface area contributed by atoms with Crippen molar-refractivity contribution in [2.75, 3.05) is 38.3 Å². The first-order valence-corrected chi connectivity index (χ1v) is 10.7. The van der Waals surface area contributed by atoms with E-state index in [1.54, 1.807) is 29.3 Å². The summed E-state index contributed by atoms with van der Waals surface area (Å²) in [6.45, 7) is 0.402. The number of rotatable bonds is 3. The summed E-state index contributed by atoms with van der Waals surface area (Å²) in [6.07, 6.45) is 3.07. The summed E-state index contributed by atoms with van der Waals surface area (Å²) in [5, 5.41) is 0.